The molecule has 0 bridgehead atoms. The summed E-state index contributed by atoms with van der Waals surface area (Å²) >= 11 is 0. The molecule has 0 aliphatic heterocycles. The van der Waals surface area contributed by atoms with Gasteiger partial charge in [-0.2, -0.15) is 35.9 Å². The standard InChI is InChI=1S/C10H15.C5H5.Ru/c1-10(2,3)8-9-6-4-5-7-9;1-2-4-5-3-1;/h4-7H,8H2,1-3H3;1-5H;/q2*-1;+2. The molecule has 2 aromatic carbocycles. The van der Waals surface area contributed by atoms with Crippen LogP contribution in [0.2, 0.25) is 0 Å². The first-order valence-electron chi connectivity index (χ1n) is 5.45. The molecule has 0 unspecified atom stereocenters. The molecule has 0 aromatic heterocycles. The molecule has 0 aliphatic carbocycles. The van der Waals surface area contributed by atoms with E-state index in [-0.39, 0.29) is 19.5 Å². The second-order valence-electron chi connectivity index (χ2n) is 4.99. The molecule has 0 aliphatic rings. The normalized spacial score (nSPS) is 9.94. The van der Waals surface area contributed by atoms with Gasteiger partial charge in [0.15, 0.2) is 0 Å². The van der Waals surface area contributed by atoms with Crippen molar-refractivity contribution in [2.45, 2.75) is 27.2 Å². The third kappa shape index (κ3) is 7.59. The summed E-state index contributed by atoms with van der Waals surface area (Å²) in [6, 6.07) is 18.6. The quantitative estimate of drug-likeness (QED) is 0.541. The predicted octanol–water partition coefficient (Wildman–Crippen LogP) is 4.40. The Balaban J connectivity index is 0.000000318. The fourth-order valence-corrected chi connectivity index (χ4v) is 1.46. The monoisotopic (exact) mass is 302 g/mol. The Hall–Kier alpha value is -0.677. The molecule has 88 valence electrons. The van der Waals surface area contributed by atoms with Gasteiger partial charge in [-0.15, -0.1) is 0 Å². The zero-order valence-electron chi connectivity index (χ0n) is 10.3. The molecule has 0 saturated heterocycles. The fraction of sp³-hybridized carbons (Fsp3) is 0.333. The molecular weight excluding hydrogens is 281 g/mol. The smallest absolute Gasteiger partial charge is 0.214 e. The molecule has 1 heteroatoms. The van der Waals surface area contributed by atoms with Gasteiger partial charge in [0.2, 0.25) is 0 Å². The molecular formula is C15H20Ru. The summed E-state index contributed by atoms with van der Waals surface area (Å²) in [6.07, 6.45) is 1.18. The number of hydrogen-bond acceptors (Lipinski definition) is 0. The fourth-order valence-electron chi connectivity index (χ4n) is 1.46. The van der Waals surface area contributed by atoms with Crippen molar-refractivity contribution in [1.29, 1.82) is 0 Å². The summed E-state index contributed by atoms with van der Waals surface area (Å²) in [5.74, 6) is 0. The van der Waals surface area contributed by atoms with Gasteiger partial charge in [-0.3, -0.25) is 0 Å². The molecule has 2 rings (SSSR count). The maximum Gasteiger partial charge on any atom is 2.00 e. The SMILES string of the molecule is CC(C)(C)C[c-]1cccc1.[Ru+2].c1cc[cH-]c1. The average molecular weight is 301 g/mol. The van der Waals surface area contributed by atoms with Crippen molar-refractivity contribution < 1.29 is 19.5 Å². The summed E-state index contributed by atoms with van der Waals surface area (Å²) in [7, 11) is 0. The van der Waals surface area contributed by atoms with E-state index in [0.717, 1.165) is 0 Å². The Morgan fingerprint density at radius 3 is 1.75 bits per heavy atom. The van der Waals surface area contributed by atoms with Gasteiger partial charge in [-0.25, -0.2) is 24.3 Å². The molecule has 0 radical (unpaired) electrons. The van der Waals surface area contributed by atoms with Crippen LogP contribution in [0.15, 0.2) is 54.6 Å². The van der Waals surface area contributed by atoms with Crippen LogP contribution < -0.4 is 0 Å². The van der Waals surface area contributed by atoms with Crippen molar-refractivity contribution in [2.75, 3.05) is 0 Å². The first-order chi connectivity index (χ1) is 7.08. The first-order valence-corrected chi connectivity index (χ1v) is 5.45. The molecule has 0 nitrogen and oxygen atoms in total. The van der Waals surface area contributed by atoms with E-state index in [9.17, 15) is 0 Å². The molecule has 16 heavy (non-hydrogen) atoms. The average Bonchev–Trinajstić information content (AvgIpc) is 2.71. The van der Waals surface area contributed by atoms with E-state index in [0.29, 0.717) is 5.41 Å². The third-order valence-corrected chi connectivity index (χ3v) is 2.02. The second-order valence-corrected chi connectivity index (χ2v) is 4.99. The topological polar surface area (TPSA) is 0 Å². The van der Waals surface area contributed by atoms with Crippen LogP contribution in [0.1, 0.15) is 26.3 Å². The van der Waals surface area contributed by atoms with Crippen LogP contribution >= 0.6 is 0 Å². The summed E-state index contributed by atoms with van der Waals surface area (Å²) in [5, 5.41) is 0. The molecule has 0 N–H and O–H groups in total. The van der Waals surface area contributed by atoms with E-state index in [1.807, 2.05) is 30.3 Å². The van der Waals surface area contributed by atoms with Gasteiger partial charge in [0.05, 0.1) is 0 Å². The van der Waals surface area contributed by atoms with Gasteiger partial charge in [0.25, 0.3) is 0 Å². The van der Waals surface area contributed by atoms with Crippen LogP contribution in [0.25, 0.3) is 0 Å². The third-order valence-electron chi connectivity index (χ3n) is 2.02. The Bertz CT molecular complexity index is 305. The van der Waals surface area contributed by atoms with Crippen LogP contribution in [-0.2, 0) is 25.9 Å². The van der Waals surface area contributed by atoms with Crippen LogP contribution in [-0.4, -0.2) is 0 Å². The van der Waals surface area contributed by atoms with E-state index in [2.05, 4.69) is 45.0 Å². The molecule has 0 atom stereocenters. The molecule has 0 heterocycles. The Morgan fingerprint density at radius 2 is 1.44 bits per heavy atom. The molecule has 0 amide bonds. The second kappa shape index (κ2) is 7.57. The van der Waals surface area contributed by atoms with Crippen molar-refractivity contribution in [1.82, 2.24) is 0 Å². The van der Waals surface area contributed by atoms with E-state index < -0.39 is 0 Å². The molecule has 0 saturated carbocycles. The summed E-state index contributed by atoms with van der Waals surface area (Å²) in [4.78, 5) is 0. The zero-order chi connectivity index (χ0) is 11.1. The van der Waals surface area contributed by atoms with E-state index in [1.165, 1.54) is 12.0 Å². The minimum Gasteiger partial charge on any atom is -0.214 e. The van der Waals surface area contributed by atoms with Crippen molar-refractivity contribution in [3.8, 4) is 0 Å². The molecule has 2 aromatic rings. The Labute approximate surface area is 112 Å². The van der Waals surface area contributed by atoms with Crippen LogP contribution in [0.3, 0.4) is 0 Å². The minimum absolute atomic E-state index is 0. The largest absolute Gasteiger partial charge is 2.00 e. The summed E-state index contributed by atoms with van der Waals surface area (Å²) in [5.41, 5.74) is 1.88. The van der Waals surface area contributed by atoms with Crippen LogP contribution in [0.4, 0.5) is 0 Å². The van der Waals surface area contributed by atoms with Gasteiger partial charge in [0.1, 0.15) is 0 Å². The van der Waals surface area contributed by atoms with Crippen molar-refractivity contribution in [2.24, 2.45) is 5.41 Å². The maximum atomic E-state index is 2.26. The van der Waals surface area contributed by atoms with Crippen LogP contribution in [0, 0.1) is 5.41 Å². The van der Waals surface area contributed by atoms with Gasteiger partial charge in [0, 0.05) is 0 Å². The van der Waals surface area contributed by atoms with Gasteiger partial charge >= 0.3 is 19.5 Å². The van der Waals surface area contributed by atoms with Gasteiger partial charge < -0.3 is 0 Å². The van der Waals surface area contributed by atoms with E-state index in [1.54, 1.807) is 0 Å². The number of rotatable bonds is 1. The summed E-state index contributed by atoms with van der Waals surface area (Å²) < 4.78 is 0. The van der Waals surface area contributed by atoms with E-state index in [4.69, 9.17) is 0 Å². The Kier molecular flexibility index (Phi) is 7.25. The Morgan fingerprint density at radius 1 is 0.938 bits per heavy atom. The zero-order valence-corrected chi connectivity index (χ0v) is 12.0. The van der Waals surface area contributed by atoms with Gasteiger partial charge in [-0.1, -0.05) is 27.2 Å². The molecule has 0 spiro atoms. The van der Waals surface area contributed by atoms with Crippen molar-refractivity contribution in [3.05, 3.63) is 60.2 Å². The predicted molar refractivity (Wildman–Crippen MR) is 67.2 cm³/mol. The van der Waals surface area contributed by atoms with E-state index >= 15 is 0 Å². The van der Waals surface area contributed by atoms with Crippen LogP contribution in [0.5, 0.6) is 0 Å². The van der Waals surface area contributed by atoms with Crippen molar-refractivity contribution in [3.63, 3.8) is 0 Å². The molecule has 0 fully saturated rings. The maximum absolute atomic E-state index is 2.26. The van der Waals surface area contributed by atoms with Crippen molar-refractivity contribution >= 4 is 0 Å². The number of hydrogen-bond donors (Lipinski definition) is 0. The minimum atomic E-state index is 0. The first kappa shape index (κ1) is 15.3. The summed E-state index contributed by atoms with van der Waals surface area (Å²) in [6.45, 7) is 6.79. The van der Waals surface area contributed by atoms with Gasteiger partial charge in [-0.05, 0) is 5.41 Å².